The smallest absolute Gasteiger partial charge is 0.246 e. The first-order valence-electron chi connectivity index (χ1n) is 12.0. The molecule has 2 atom stereocenters. The predicted molar refractivity (Wildman–Crippen MR) is 146 cm³/mol. The van der Waals surface area contributed by atoms with Crippen molar-refractivity contribution in [1.82, 2.24) is 15.1 Å². The number of benzene rings is 2. The molecule has 0 aromatic heterocycles. The van der Waals surface area contributed by atoms with Gasteiger partial charge in [-0.05, 0) is 30.0 Å². The minimum Gasteiger partial charge on any atom is -0.373 e. The minimum atomic E-state index is 0. The van der Waals surface area contributed by atoms with Crippen LogP contribution >= 0.6 is 24.0 Å². The Morgan fingerprint density at radius 2 is 1.88 bits per heavy atom. The number of ether oxygens (including phenoxy) is 1. The van der Waals surface area contributed by atoms with Gasteiger partial charge < -0.3 is 19.9 Å². The first kappa shape index (κ1) is 24.9. The summed E-state index contributed by atoms with van der Waals surface area (Å²) >= 11 is 0. The van der Waals surface area contributed by atoms with Gasteiger partial charge in [-0.2, -0.15) is 0 Å². The molecular formula is C26H34IN5O2. The molecule has 0 spiro atoms. The maximum atomic E-state index is 13.1. The van der Waals surface area contributed by atoms with E-state index in [-0.39, 0.29) is 42.5 Å². The van der Waals surface area contributed by atoms with Gasteiger partial charge in [0.25, 0.3) is 0 Å². The van der Waals surface area contributed by atoms with E-state index in [1.165, 1.54) is 11.1 Å². The van der Waals surface area contributed by atoms with E-state index in [1.54, 1.807) is 7.05 Å². The molecule has 1 amide bonds. The number of morpholine rings is 1. The summed E-state index contributed by atoms with van der Waals surface area (Å²) in [6.07, 6.45) is 2.19. The van der Waals surface area contributed by atoms with Crippen LogP contribution in [-0.2, 0) is 22.5 Å². The molecule has 2 saturated heterocycles. The lowest BCUT2D eigenvalue weighted by Crippen LogP contribution is -2.50. The number of fused-ring (bicyclic) bond motifs is 2. The molecule has 3 heterocycles. The van der Waals surface area contributed by atoms with E-state index in [0.29, 0.717) is 6.04 Å². The second kappa shape index (κ2) is 11.5. The zero-order valence-corrected chi connectivity index (χ0v) is 22.1. The van der Waals surface area contributed by atoms with Gasteiger partial charge in [-0.3, -0.25) is 14.7 Å². The highest BCUT2D eigenvalue weighted by Crippen LogP contribution is 2.27. The van der Waals surface area contributed by atoms with Crippen molar-refractivity contribution in [2.75, 3.05) is 51.3 Å². The molecule has 2 aromatic carbocycles. The molecule has 1 N–H and O–H groups in total. The lowest BCUT2D eigenvalue weighted by molar-refractivity contribution is -0.117. The first-order chi connectivity index (χ1) is 16.2. The van der Waals surface area contributed by atoms with Crippen LogP contribution in [0.25, 0.3) is 0 Å². The predicted octanol–water partition coefficient (Wildman–Crippen LogP) is 2.74. The average molecular weight is 575 g/mol. The second-order valence-electron chi connectivity index (χ2n) is 9.02. The van der Waals surface area contributed by atoms with E-state index < -0.39 is 0 Å². The highest BCUT2D eigenvalue weighted by Gasteiger charge is 2.41. The summed E-state index contributed by atoms with van der Waals surface area (Å²) < 4.78 is 6.11. The summed E-state index contributed by atoms with van der Waals surface area (Å²) in [6.45, 7) is 5.25. The Bertz CT molecular complexity index is 1000. The SMILES string of the molecule is CN=C(NCC(=O)N1CCCc2ccccc21)N1CC2OCCN(Cc3ccccc3)C2C1.I. The molecule has 3 aliphatic rings. The number of nitrogens with zero attached hydrogens (tertiary/aromatic N) is 4. The van der Waals surface area contributed by atoms with Gasteiger partial charge >= 0.3 is 0 Å². The van der Waals surface area contributed by atoms with Gasteiger partial charge in [0.1, 0.15) is 0 Å². The van der Waals surface area contributed by atoms with Crippen molar-refractivity contribution >= 4 is 41.5 Å². The first-order valence-corrected chi connectivity index (χ1v) is 12.0. The molecule has 0 saturated carbocycles. The summed E-state index contributed by atoms with van der Waals surface area (Å²) in [6, 6.07) is 19.1. The molecular weight excluding hydrogens is 541 g/mol. The van der Waals surface area contributed by atoms with E-state index in [9.17, 15) is 4.79 Å². The second-order valence-corrected chi connectivity index (χ2v) is 9.02. The van der Waals surface area contributed by atoms with Gasteiger partial charge in [-0.25, -0.2) is 0 Å². The quantitative estimate of drug-likeness (QED) is 0.346. The topological polar surface area (TPSA) is 60.4 Å². The van der Waals surface area contributed by atoms with Crippen LogP contribution in [0.15, 0.2) is 59.6 Å². The maximum absolute atomic E-state index is 13.1. The monoisotopic (exact) mass is 575 g/mol. The van der Waals surface area contributed by atoms with Gasteiger partial charge in [0, 0.05) is 45.5 Å². The van der Waals surface area contributed by atoms with Crippen LogP contribution in [0.2, 0.25) is 0 Å². The molecule has 2 aromatic rings. The van der Waals surface area contributed by atoms with Crippen LogP contribution < -0.4 is 10.2 Å². The van der Waals surface area contributed by atoms with E-state index in [2.05, 4.69) is 56.5 Å². The highest BCUT2D eigenvalue weighted by atomic mass is 127. The summed E-state index contributed by atoms with van der Waals surface area (Å²) in [5.41, 5.74) is 3.62. The van der Waals surface area contributed by atoms with Gasteiger partial charge in [0.2, 0.25) is 5.91 Å². The Morgan fingerprint density at radius 3 is 2.71 bits per heavy atom. The third-order valence-electron chi connectivity index (χ3n) is 6.97. The highest BCUT2D eigenvalue weighted by molar-refractivity contribution is 14.0. The van der Waals surface area contributed by atoms with Crippen molar-refractivity contribution in [1.29, 1.82) is 0 Å². The van der Waals surface area contributed by atoms with Crippen molar-refractivity contribution in [3.8, 4) is 0 Å². The van der Waals surface area contributed by atoms with Gasteiger partial charge in [-0.15, -0.1) is 24.0 Å². The van der Waals surface area contributed by atoms with Crippen LogP contribution in [0.1, 0.15) is 17.5 Å². The number of halogens is 1. The number of amides is 1. The van der Waals surface area contributed by atoms with Gasteiger partial charge in [0.15, 0.2) is 5.96 Å². The zero-order chi connectivity index (χ0) is 22.6. The Morgan fingerprint density at radius 1 is 1.09 bits per heavy atom. The average Bonchev–Trinajstić information content (AvgIpc) is 3.30. The summed E-state index contributed by atoms with van der Waals surface area (Å²) in [4.78, 5) is 24.2. The van der Waals surface area contributed by atoms with E-state index >= 15 is 0 Å². The van der Waals surface area contributed by atoms with Crippen LogP contribution in [0.3, 0.4) is 0 Å². The van der Waals surface area contributed by atoms with Crippen molar-refractivity contribution in [3.63, 3.8) is 0 Å². The molecule has 0 radical (unpaired) electrons. The molecule has 2 unspecified atom stereocenters. The molecule has 0 aliphatic carbocycles. The molecule has 7 nitrogen and oxygen atoms in total. The van der Waals surface area contributed by atoms with Crippen LogP contribution in [0, 0.1) is 0 Å². The van der Waals surface area contributed by atoms with Crippen molar-refractivity contribution in [2.45, 2.75) is 31.5 Å². The van der Waals surface area contributed by atoms with E-state index in [4.69, 9.17) is 4.74 Å². The number of hydrogen-bond donors (Lipinski definition) is 1. The molecule has 3 aliphatic heterocycles. The lowest BCUT2D eigenvalue weighted by Gasteiger charge is -2.36. The number of aryl methyl sites for hydroxylation is 1. The van der Waals surface area contributed by atoms with Crippen molar-refractivity contribution in [2.24, 2.45) is 4.99 Å². The van der Waals surface area contributed by atoms with E-state index in [0.717, 1.165) is 63.8 Å². The van der Waals surface area contributed by atoms with Crippen molar-refractivity contribution < 1.29 is 9.53 Å². The third-order valence-corrected chi connectivity index (χ3v) is 6.97. The van der Waals surface area contributed by atoms with Gasteiger partial charge in [0.05, 0.1) is 25.3 Å². The molecule has 34 heavy (non-hydrogen) atoms. The van der Waals surface area contributed by atoms with E-state index in [1.807, 2.05) is 23.1 Å². The molecule has 5 rings (SSSR count). The fourth-order valence-electron chi connectivity index (χ4n) is 5.32. The Labute approximate surface area is 219 Å². The number of carbonyl (C=O) groups is 1. The number of guanidine groups is 1. The minimum absolute atomic E-state index is 0. The Balaban J connectivity index is 0.00000274. The zero-order valence-electron chi connectivity index (χ0n) is 19.7. The number of nitrogens with one attached hydrogen (secondary N) is 1. The molecule has 0 bridgehead atoms. The third kappa shape index (κ3) is 5.39. The number of likely N-dealkylation sites (tertiary alicyclic amines) is 1. The normalized spacial score (nSPS) is 22.6. The number of anilines is 1. The maximum Gasteiger partial charge on any atom is 0.246 e. The number of aliphatic imine (C=N–C) groups is 1. The molecule has 182 valence electrons. The number of carbonyl (C=O) groups excluding carboxylic acids is 1. The Kier molecular flexibility index (Phi) is 8.44. The standard InChI is InChI=1S/C26H33N5O2.HI/c1-27-26(28-16-25(32)31-13-7-11-21-10-5-6-12-22(21)31)30-18-23-24(19-30)33-15-14-29(23)17-20-8-3-2-4-9-20;/h2-6,8-10,12,23-24H,7,11,13-19H2,1H3,(H,27,28);1H. The lowest BCUT2D eigenvalue weighted by atomic mass is 10.0. The summed E-state index contributed by atoms with van der Waals surface area (Å²) in [5.74, 6) is 0.855. The van der Waals surface area contributed by atoms with Crippen molar-refractivity contribution in [3.05, 3.63) is 65.7 Å². The van der Waals surface area contributed by atoms with Crippen LogP contribution in [-0.4, -0.2) is 80.2 Å². The number of rotatable bonds is 4. The summed E-state index contributed by atoms with van der Waals surface area (Å²) in [5, 5.41) is 3.32. The summed E-state index contributed by atoms with van der Waals surface area (Å²) in [7, 11) is 1.79. The molecule has 2 fully saturated rings. The van der Waals surface area contributed by atoms with Gasteiger partial charge in [-0.1, -0.05) is 48.5 Å². The van der Waals surface area contributed by atoms with Crippen LogP contribution in [0.4, 0.5) is 5.69 Å². The fraction of sp³-hybridized carbons (Fsp3) is 0.462. The fourth-order valence-corrected chi connectivity index (χ4v) is 5.32. The van der Waals surface area contributed by atoms with Crippen LogP contribution in [0.5, 0.6) is 0 Å². The number of para-hydroxylation sites is 1. The number of hydrogen-bond acceptors (Lipinski definition) is 4. The largest absolute Gasteiger partial charge is 0.373 e. The Hall–Kier alpha value is -2.17. The molecule has 8 heteroatoms.